The molecule has 1 aliphatic rings. The smallest absolute Gasteiger partial charge is 0.310 e. The van der Waals surface area contributed by atoms with Crippen LogP contribution >= 0.6 is 0 Å². The lowest BCUT2D eigenvalue weighted by atomic mass is 10.0. The van der Waals surface area contributed by atoms with Crippen LogP contribution in [0.1, 0.15) is 32.7 Å². The van der Waals surface area contributed by atoms with Crippen molar-refractivity contribution in [1.29, 1.82) is 0 Å². The third-order valence-electron chi connectivity index (χ3n) is 4.75. The Balaban J connectivity index is 1.59. The number of fused-ring (bicyclic) bond motifs is 1. The van der Waals surface area contributed by atoms with Gasteiger partial charge in [-0.1, -0.05) is 0 Å². The van der Waals surface area contributed by atoms with E-state index in [2.05, 4.69) is 5.32 Å². The lowest BCUT2D eigenvalue weighted by molar-refractivity contribution is -0.385. The molecule has 1 aliphatic heterocycles. The SMILES string of the molecule is COc1cc(C(=O)NCCC(=O)c2ccc3c(c2)CC(=O)N3C)ccc1[N+](=O)[O-]. The van der Waals surface area contributed by atoms with Crippen LogP contribution in [0.5, 0.6) is 5.75 Å². The zero-order valence-corrected chi connectivity index (χ0v) is 15.9. The Kier molecular flexibility index (Phi) is 5.58. The third kappa shape index (κ3) is 4.08. The number of carbonyl (C=O) groups excluding carboxylic acids is 3. The Morgan fingerprint density at radius 3 is 2.62 bits per heavy atom. The Morgan fingerprint density at radius 1 is 1.21 bits per heavy atom. The predicted molar refractivity (Wildman–Crippen MR) is 104 cm³/mol. The van der Waals surface area contributed by atoms with Gasteiger partial charge in [0.1, 0.15) is 0 Å². The zero-order valence-electron chi connectivity index (χ0n) is 15.9. The average Bonchev–Trinajstić information content (AvgIpc) is 3.00. The minimum absolute atomic E-state index is 0.0172. The summed E-state index contributed by atoms with van der Waals surface area (Å²) in [4.78, 5) is 48.3. The van der Waals surface area contributed by atoms with Crippen molar-refractivity contribution < 1.29 is 24.0 Å². The summed E-state index contributed by atoms with van der Waals surface area (Å²) in [7, 11) is 2.98. The van der Waals surface area contributed by atoms with Gasteiger partial charge in [-0.3, -0.25) is 24.5 Å². The number of ketones is 1. The van der Waals surface area contributed by atoms with E-state index in [1.54, 1.807) is 30.1 Å². The highest BCUT2D eigenvalue weighted by Crippen LogP contribution is 2.29. The van der Waals surface area contributed by atoms with Gasteiger partial charge < -0.3 is 15.0 Å². The number of nitrogens with one attached hydrogen (secondary N) is 1. The molecule has 0 radical (unpaired) electrons. The van der Waals surface area contributed by atoms with Gasteiger partial charge in [-0.15, -0.1) is 0 Å². The molecule has 9 heteroatoms. The minimum atomic E-state index is -0.596. The summed E-state index contributed by atoms with van der Waals surface area (Å²) in [5.74, 6) is -0.657. The molecule has 2 amide bonds. The van der Waals surface area contributed by atoms with Crippen molar-refractivity contribution >= 4 is 29.0 Å². The summed E-state index contributed by atoms with van der Waals surface area (Å²) in [5.41, 5.74) is 2.05. The number of nitro groups is 1. The topological polar surface area (TPSA) is 119 Å². The van der Waals surface area contributed by atoms with E-state index < -0.39 is 10.8 Å². The van der Waals surface area contributed by atoms with Gasteiger partial charge in [-0.05, 0) is 29.8 Å². The predicted octanol–water partition coefficient (Wildman–Crippen LogP) is 2.13. The number of carbonyl (C=O) groups is 3. The lowest BCUT2D eigenvalue weighted by Gasteiger charge is -2.10. The van der Waals surface area contributed by atoms with E-state index in [1.807, 2.05) is 0 Å². The van der Waals surface area contributed by atoms with Crippen LogP contribution in [0.4, 0.5) is 11.4 Å². The summed E-state index contributed by atoms with van der Waals surface area (Å²) in [6.45, 7) is 0.104. The summed E-state index contributed by atoms with van der Waals surface area (Å²) < 4.78 is 4.95. The van der Waals surface area contributed by atoms with Crippen molar-refractivity contribution in [3.05, 3.63) is 63.2 Å². The third-order valence-corrected chi connectivity index (χ3v) is 4.75. The largest absolute Gasteiger partial charge is 0.490 e. The van der Waals surface area contributed by atoms with Crippen LogP contribution in [-0.4, -0.2) is 43.2 Å². The molecule has 0 spiro atoms. The Morgan fingerprint density at radius 2 is 1.93 bits per heavy atom. The van der Waals surface area contributed by atoms with Crippen molar-refractivity contribution in [2.75, 3.05) is 25.6 Å². The quantitative estimate of drug-likeness (QED) is 0.434. The number of amides is 2. The molecule has 0 saturated carbocycles. The fraction of sp³-hybridized carbons (Fsp3) is 0.250. The van der Waals surface area contributed by atoms with Crippen LogP contribution in [0.2, 0.25) is 0 Å². The van der Waals surface area contributed by atoms with Crippen molar-refractivity contribution in [3.63, 3.8) is 0 Å². The number of methoxy groups -OCH3 is 1. The van der Waals surface area contributed by atoms with Crippen LogP contribution in [0.25, 0.3) is 0 Å². The molecular formula is C20H19N3O6. The van der Waals surface area contributed by atoms with Crippen molar-refractivity contribution in [2.45, 2.75) is 12.8 Å². The molecule has 0 unspecified atom stereocenters. The number of hydrogen-bond donors (Lipinski definition) is 1. The molecule has 150 valence electrons. The number of ether oxygens (including phenoxy) is 1. The molecule has 9 nitrogen and oxygen atoms in total. The van der Waals surface area contributed by atoms with Gasteiger partial charge in [-0.25, -0.2) is 0 Å². The van der Waals surface area contributed by atoms with Crippen molar-refractivity contribution in [1.82, 2.24) is 5.32 Å². The molecule has 3 rings (SSSR count). The molecule has 0 saturated heterocycles. The second-order valence-corrected chi connectivity index (χ2v) is 6.55. The lowest BCUT2D eigenvalue weighted by Crippen LogP contribution is -2.26. The maximum Gasteiger partial charge on any atom is 0.310 e. The first-order chi connectivity index (χ1) is 13.8. The number of likely N-dealkylation sites (N-methyl/N-ethyl adjacent to an activating group) is 1. The Bertz CT molecular complexity index is 1020. The highest BCUT2D eigenvalue weighted by atomic mass is 16.6. The summed E-state index contributed by atoms with van der Waals surface area (Å²) in [6.07, 6.45) is 0.351. The minimum Gasteiger partial charge on any atom is -0.490 e. The second kappa shape index (κ2) is 8.09. The molecular weight excluding hydrogens is 378 g/mol. The van der Waals surface area contributed by atoms with E-state index in [0.717, 1.165) is 11.3 Å². The number of benzene rings is 2. The average molecular weight is 397 g/mol. The molecule has 0 aromatic heterocycles. The fourth-order valence-corrected chi connectivity index (χ4v) is 3.15. The van der Waals surface area contributed by atoms with E-state index in [1.165, 1.54) is 25.3 Å². The Labute approximate surface area is 166 Å². The maximum atomic E-state index is 12.4. The molecule has 2 aromatic carbocycles. The van der Waals surface area contributed by atoms with Gasteiger partial charge in [-0.2, -0.15) is 0 Å². The molecule has 29 heavy (non-hydrogen) atoms. The Hall–Kier alpha value is -3.75. The number of Topliss-reactive ketones (excluding diaryl/α,β-unsaturated/α-hetero) is 1. The normalized spacial score (nSPS) is 12.5. The standard InChI is InChI=1S/C20H19N3O6/c1-22-15-5-3-12(9-14(15)11-19(22)25)17(24)7-8-21-20(26)13-4-6-16(23(27)28)18(10-13)29-2/h3-6,9-10H,7-8,11H2,1-2H3,(H,21,26). The van der Waals surface area contributed by atoms with Gasteiger partial charge in [0.05, 0.1) is 18.5 Å². The molecule has 1 heterocycles. The van der Waals surface area contributed by atoms with Gasteiger partial charge >= 0.3 is 5.69 Å². The monoisotopic (exact) mass is 397 g/mol. The van der Waals surface area contributed by atoms with E-state index in [-0.39, 0.29) is 48.1 Å². The first kappa shape index (κ1) is 20.0. The van der Waals surface area contributed by atoms with E-state index in [9.17, 15) is 24.5 Å². The molecule has 0 atom stereocenters. The highest BCUT2D eigenvalue weighted by molar-refractivity contribution is 6.03. The number of nitro benzene ring substituents is 1. The van der Waals surface area contributed by atoms with Gasteiger partial charge in [0.2, 0.25) is 5.91 Å². The van der Waals surface area contributed by atoms with Crippen LogP contribution in [0, 0.1) is 10.1 Å². The van der Waals surface area contributed by atoms with E-state index in [4.69, 9.17) is 4.74 Å². The van der Waals surface area contributed by atoms with Crippen molar-refractivity contribution in [2.24, 2.45) is 0 Å². The number of nitrogens with zero attached hydrogens (tertiary/aromatic N) is 2. The van der Waals surface area contributed by atoms with Crippen molar-refractivity contribution in [3.8, 4) is 5.75 Å². The van der Waals surface area contributed by atoms with Gasteiger partial charge in [0.25, 0.3) is 5.91 Å². The zero-order chi connectivity index (χ0) is 21.1. The highest BCUT2D eigenvalue weighted by Gasteiger charge is 2.24. The van der Waals surface area contributed by atoms with Gasteiger partial charge in [0, 0.05) is 49.0 Å². The van der Waals surface area contributed by atoms with Crippen LogP contribution in [0.15, 0.2) is 36.4 Å². The first-order valence-electron chi connectivity index (χ1n) is 8.85. The van der Waals surface area contributed by atoms with Crippen LogP contribution in [-0.2, 0) is 11.2 Å². The van der Waals surface area contributed by atoms with Crippen LogP contribution in [0.3, 0.4) is 0 Å². The molecule has 0 aliphatic carbocycles. The fourth-order valence-electron chi connectivity index (χ4n) is 3.15. The number of anilines is 1. The second-order valence-electron chi connectivity index (χ2n) is 6.55. The molecule has 0 bridgehead atoms. The van der Waals surface area contributed by atoms with Gasteiger partial charge in [0.15, 0.2) is 11.5 Å². The van der Waals surface area contributed by atoms with E-state index in [0.29, 0.717) is 5.56 Å². The van der Waals surface area contributed by atoms with Crippen LogP contribution < -0.4 is 15.0 Å². The molecule has 0 fully saturated rings. The summed E-state index contributed by atoms with van der Waals surface area (Å²) >= 11 is 0. The summed E-state index contributed by atoms with van der Waals surface area (Å²) in [5, 5.41) is 13.5. The molecule has 1 N–H and O–H groups in total. The molecule has 2 aromatic rings. The number of hydrogen-bond acceptors (Lipinski definition) is 6. The summed E-state index contributed by atoms with van der Waals surface area (Å²) in [6, 6.07) is 8.92. The van der Waals surface area contributed by atoms with E-state index >= 15 is 0 Å². The first-order valence-corrected chi connectivity index (χ1v) is 8.85. The number of rotatable bonds is 7. The maximum absolute atomic E-state index is 12.4.